The minimum Gasteiger partial charge on any atom is -0.330 e. The zero-order chi connectivity index (χ0) is 15.2. The van der Waals surface area contributed by atoms with Crippen LogP contribution in [0.1, 0.15) is 21.5 Å². The first-order valence-electron chi connectivity index (χ1n) is 6.44. The number of nitrogens with one attached hydrogen (secondary N) is 1. The SMILES string of the molecule is N#Cc1cc(NC(=O)c2ccc(CCN)cc2)ccc1Cl. The quantitative estimate of drug-likeness (QED) is 0.911. The zero-order valence-corrected chi connectivity index (χ0v) is 12.0. The van der Waals surface area contributed by atoms with E-state index in [1.807, 2.05) is 18.2 Å². The summed E-state index contributed by atoms with van der Waals surface area (Å²) < 4.78 is 0. The fraction of sp³-hybridized carbons (Fsp3) is 0.125. The van der Waals surface area contributed by atoms with Crippen molar-refractivity contribution in [2.45, 2.75) is 6.42 Å². The number of rotatable bonds is 4. The zero-order valence-electron chi connectivity index (χ0n) is 11.3. The molecule has 0 fully saturated rings. The van der Waals surface area contributed by atoms with Gasteiger partial charge in [0.1, 0.15) is 6.07 Å². The number of hydrogen-bond acceptors (Lipinski definition) is 3. The molecule has 2 rings (SSSR count). The van der Waals surface area contributed by atoms with E-state index >= 15 is 0 Å². The topological polar surface area (TPSA) is 78.9 Å². The third kappa shape index (κ3) is 3.82. The first-order chi connectivity index (χ1) is 10.1. The number of nitrogens with zero attached hydrogens (tertiary/aromatic N) is 1. The molecule has 0 saturated carbocycles. The number of carbonyl (C=O) groups excluding carboxylic acids is 1. The van der Waals surface area contributed by atoms with E-state index in [1.165, 1.54) is 0 Å². The van der Waals surface area contributed by atoms with Gasteiger partial charge in [0.25, 0.3) is 5.91 Å². The van der Waals surface area contributed by atoms with Crippen LogP contribution >= 0.6 is 11.6 Å². The maximum Gasteiger partial charge on any atom is 0.255 e. The van der Waals surface area contributed by atoms with Gasteiger partial charge in [0.05, 0.1) is 10.6 Å². The molecule has 3 N–H and O–H groups in total. The molecule has 0 atom stereocenters. The van der Waals surface area contributed by atoms with E-state index in [4.69, 9.17) is 22.6 Å². The van der Waals surface area contributed by atoms with E-state index < -0.39 is 0 Å². The van der Waals surface area contributed by atoms with Crippen LogP contribution in [0.5, 0.6) is 0 Å². The fourth-order valence-corrected chi connectivity index (χ4v) is 2.04. The normalized spacial score (nSPS) is 9.95. The minimum absolute atomic E-state index is 0.236. The lowest BCUT2D eigenvalue weighted by molar-refractivity contribution is 0.102. The molecule has 0 aromatic heterocycles. The van der Waals surface area contributed by atoms with Crippen LogP contribution in [0, 0.1) is 11.3 Å². The molecule has 0 radical (unpaired) electrons. The van der Waals surface area contributed by atoms with Crippen LogP contribution < -0.4 is 11.1 Å². The summed E-state index contributed by atoms with van der Waals surface area (Å²) in [5, 5.41) is 12.0. The highest BCUT2D eigenvalue weighted by atomic mass is 35.5. The second-order valence-electron chi connectivity index (χ2n) is 4.50. The number of amides is 1. The molecule has 0 aliphatic carbocycles. The standard InChI is InChI=1S/C16H14ClN3O/c17-15-6-5-14(9-13(15)10-19)20-16(21)12-3-1-11(2-4-12)7-8-18/h1-6,9H,7-8,18H2,(H,20,21). The van der Waals surface area contributed by atoms with Crippen LogP contribution in [0.3, 0.4) is 0 Å². The van der Waals surface area contributed by atoms with Gasteiger partial charge in [-0.1, -0.05) is 23.7 Å². The van der Waals surface area contributed by atoms with Gasteiger partial charge in [-0.2, -0.15) is 5.26 Å². The lowest BCUT2D eigenvalue weighted by atomic mass is 10.1. The predicted octanol–water partition coefficient (Wildman–Crippen LogP) is 2.97. The molecular weight excluding hydrogens is 286 g/mol. The van der Waals surface area contributed by atoms with Crippen molar-refractivity contribution >= 4 is 23.2 Å². The summed E-state index contributed by atoms with van der Waals surface area (Å²) in [5.74, 6) is -0.236. The Hall–Kier alpha value is -2.35. The smallest absolute Gasteiger partial charge is 0.255 e. The Morgan fingerprint density at radius 1 is 1.24 bits per heavy atom. The summed E-state index contributed by atoms with van der Waals surface area (Å²) in [6.07, 6.45) is 0.782. The van der Waals surface area contributed by atoms with Crippen molar-refractivity contribution in [3.8, 4) is 6.07 Å². The van der Waals surface area contributed by atoms with Crippen LogP contribution in [0.25, 0.3) is 0 Å². The van der Waals surface area contributed by atoms with Gasteiger partial charge in [-0.25, -0.2) is 0 Å². The van der Waals surface area contributed by atoms with Gasteiger partial charge in [0.15, 0.2) is 0 Å². The van der Waals surface area contributed by atoms with Gasteiger partial charge in [-0.3, -0.25) is 4.79 Å². The van der Waals surface area contributed by atoms with Gasteiger partial charge < -0.3 is 11.1 Å². The van der Waals surface area contributed by atoms with E-state index in [1.54, 1.807) is 30.3 Å². The van der Waals surface area contributed by atoms with Crippen LogP contribution in [-0.4, -0.2) is 12.5 Å². The number of halogens is 1. The molecule has 0 aliphatic heterocycles. The molecule has 0 bridgehead atoms. The monoisotopic (exact) mass is 299 g/mol. The second kappa shape index (κ2) is 6.89. The summed E-state index contributed by atoms with van der Waals surface area (Å²) >= 11 is 5.85. The molecule has 106 valence electrons. The Morgan fingerprint density at radius 2 is 1.95 bits per heavy atom. The van der Waals surface area contributed by atoms with Crippen molar-refractivity contribution < 1.29 is 4.79 Å². The molecule has 0 spiro atoms. The van der Waals surface area contributed by atoms with Crippen molar-refractivity contribution in [2.75, 3.05) is 11.9 Å². The first-order valence-corrected chi connectivity index (χ1v) is 6.82. The Kier molecular flexibility index (Phi) is 4.94. The average molecular weight is 300 g/mol. The summed E-state index contributed by atoms with van der Waals surface area (Å²) in [7, 11) is 0. The number of anilines is 1. The van der Waals surface area contributed by atoms with E-state index in [2.05, 4.69) is 5.32 Å². The van der Waals surface area contributed by atoms with E-state index in [0.717, 1.165) is 12.0 Å². The highest BCUT2D eigenvalue weighted by molar-refractivity contribution is 6.31. The first kappa shape index (κ1) is 15.0. The number of benzene rings is 2. The minimum atomic E-state index is -0.236. The van der Waals surface area contributed by atoms with Crippen LogP contribution in [-0.2, 0) is 6.42 Å². The van der Waals surface area contributed by atoms with Gasteiger partial charge in [0.2, 0.25) is 0 Å². The van der Waals surface area contributed by atoms with Gasteiger partial charge in [-0.05, 0) is 48.9 Å². The number of hydrogen-bond donors (Lipinski definition) is 2. The Bertz CT molecular complexity index is 690. The lowest BCUT2D eigenvalue weighted by Crippen LogP contribution is -2.12. The summed E-state index contributed by atoms with van der Waals surface area (Å²) in [4.78, 5) is 12.1. The molecular formula is C16H14ClN3O. The molecule has 0 saturated heterocycles. The Morgan fingerprint density at radius 3 is 2.57 bits per heavy atom. The van der Waals surface area contributed by atoms with Crippen molar-refractivity contribution in [1.82, 2.24) is 0 Å². The molecule has 2 aromatic carbocycles. The van der Waals surface area contributed by atoms with E-state index in [9.17, 15) is 4.79 Å². The van der Waals surface area contributed by atoms with Crippen LogP contribution in [0.2, 0.25) is 5.02 Å². The van der Waals surface area contributed by atoms with Crippen molar-refractivity contribution in [2.24, 2.45) is 5.73 Å². The number of nitrogens with two attached hydrogens (primary N) is 1. The summed E-state index contributed by atoms with van der Waals surface area (Å²) in [6.45, 7) is 0.577. The second-order valence-corrected chi connectivity index (χ2v) is 4.90. The molecule has 4 nitrogen and oxygen atoms in total. The molecule has 1 amide bonds. The fourth-order valence-electron chi connectivity index (χ4n) is 1.88. The van der Waals surface area contributed by atoms with E-state index in [-0.39, 0.29) is 5.91 Å². The van der Waals surface area contributed by atoms with Crippen LogP contribution in [0.4, 0.5) is 5.69 Å². The van der Waals surface area contributed by atoms with Crippen LogP contribution in [0.15, 0.2) is 42.5 Å². The largest absolute Gasteiger partial charge is 0.330 e. The molecule has 5 heteroatoms. The molecule has 2 aromatic rings. The van der Waals surface area contributed by atoms with Crippen molar-refractivity contribution in [3.05, 3.63) is 64.2 Å². The highest BCUT2D eigenvalue weighted by Gasteiger charge is 2.08. The molecule has 0 aliphatic rings. The van der Waals surface area contributed by atoms with Gasteiger partial charge in [-0.15, -0.1) is 0 Å². The Labute approximate surface area is 128 Å². The average Bonchev–Trinajstić information content (AvgIpc) is 2.50. The predicted molar refractivity (Wildman–Crippen MR) is 83.3 cm³/mol. The maximum atomic E-state index is 12.1. The third-order valence-electron chi connectivity index (χ3n) is 2.99. The molecule has 21 heavy (non-hydrogen) atoms. The highest BCUT2D eigenvalue weighted by Crippen LogP contribution is 2.20. The summed E-state index contributed by atoms with van der Waals surface area (Å²) in [6, 6.07) is 14.0. The van der Waals surface area contributed by atoms with Gasteiger partial charge in [0, 0.05) is 11.3 Å². The lowest BCUT2D eigenvalue weighted by Gasteiger charge is -2.07. The van der Waals surface area contributed by atoms with Gasteiger partial charge >= 0.3 is 0 Å². The third-order valence-corrected chi connectivity index (χ3v) is 3.32. The maximum absolute atomic E-state index is 12.1. The van der Waals surface area contributed by atoms with Crippen molar-refractivity contribution in [3.63, 3.8) is 0 Å². The van der Waals surface area contributed by atoms with Crippen molar-refractivity contribution in [1.29, 1.82) is 5.26 Å². The molecule has 0 unspecified atom stereocenters. The van der Waals surface area contributed by atoms with E-state index in [0.29, 0.717) is 28.4 Å². The number of carbonyl (C=O) groups is 1. The Balaban J connectivity index is 2.12. The number of nitriles is 1. The summed E-state index contributed by atoms with van der Waals surface area (Å²) in [5.41, 5.74) is 7.98. The molecule has 0 heterocycles.